The van der Waals surface area contributed by atoms with E-state index < -0.39 is 0 Å². The third-order valence-corrected chi connectivity index (χ3v) is 3.02. The number of aromatic nitrogens is 2. The molecule has 2 heterocycles. The van der Waals surface area contributed by atoms with Crippen LogP contribution in [-0.2, 0) is 0 Å². The first-order chi connectivity index (χ1) is 6.27. The van der Waals surface area contributed by atoms with Gasteiger partial charge in [-0.2, -0.15) is 5.10 Å². The second-order valence-corrected chi connectivity index (χ2v) is 4.37. The number of nitrogens with zero attached hydrogens (tertiary/aromatic N) is 2. The molecule has 13 heavy (non-hydrogen) atoms. The van der Waals surface area contributed by atoms with Crippen molar-refractivity contribution in [1.82, 2.24) is 15.1 Å². The number of aryl methyl sites for hydroxylation is 1. The van der Waals surface area contributed by atoms with Gasteiger partial charge < -0.3 is 5.32 Å². The summed E-state index contributed by atoms with van der Waals surface area (Å²) in [4.78, 5) is 0. The lowest BCUT2D eigenvalue weighted by Gasteiger charge is -2.23. The third-order valence-electron chi connectivity index (χ3n) is 2.43. The van der Waals surface area contributed by atoms with Crippen LogP contribution >= 0.6 is 15.9 Å². The number of hydrogen-bond donors (Lipinski definition) is 1. The van der Waals surface area contributed by atoms with Crippen molar-refractivity contribution in [2.45, 2.75) is 25.8 Å². The Hall–Kier alpha value is -0.350. The maximum Gasteiger partial charge on any atom is 0.104 e. The Bertz CT molecular complexity index is 289. The van der Waals surface area contributed by atoms with Crippen LogP contribution in [0.2, 0.25) is 0 Å². The van der Waals surface area contributed by atoms with Gasteiger partial charge >= 0.3 is 0 Å². The Morgan fingerprint density at radius 3 is 3.08 bits per heavy atom. The highest BCUT2D eigenvalue weighted by atomic mass is 79.9. The van der Waals surface area contributed by atoms with Crippen molar-refractivity contribution in [2.75, 3.05) is 13.1 Å². The van der Waals surface area contributed by atoms with Crippen molar-refractivity contribution >= 4 is 15.9 Å². The summed E-state index contributed by atoms with van der Waals surface area (Å²) in [5.74, 6) is 0. The number of hydrogen-bond acceptors (Lipinski definition) is 2. The smallest absolute Gasteiger partial charge is 0.104 e. The summed E-state index contributed by atoms with van der Waals surface area (Å²) in [6, 6.07) is 2.59. The molecule has 0 saturated carbocycles. The quantitative estimate of drug-likeness (QED) is 0.817. The van der Waals surface area contributed by atoms with Crippen LogP contribution in [0.15, 0.2) is 10.7 Å². The molecule has 0 bridgehead atoms. The van der Waals surface area contributed by atoms with Gasteiger partial charge in [-0.15, -0.1) is 0 Å². The summed E-state index contributed by atoms with van der Waals surface area (Å²) in [6.45, 7) is 4.21. The predicted molar refractivity (Wildman–Crippen MR) is 55.8 cm³/mol. The molecule has 1 aromatic rings. The van der Waals surface area contributed by atoms with Crippen molar-refractivity contribution in [2.24, 2.45) is 0 Å². The molecule has 0 spiro atoms. The standard InChI is InChI=1S/C9H14BrN3/c1-7-5-9(10)13(12-7)8-3-2-4-11-6-8/h5,8,11H,2-4,6H2,1H3. The van der Waals surface area contributed by atoms with Crippen LogP contribution < -0.4 is 5.32 Å². The van der Waals surface area contributed by atoms with E-state index in [1.165, 1.54) is 12.8 Å². The maximum atomic E-state index is 4.46. The molecule has 1 fully saturated rings. The molecule has 2 rings (SSSR count). The monoisotopic (exact) mass is 243 g/mol. The predicted octanol–water partition coefficient (Wildman–Crippen LogP) is 1.88. The van der Waals surface area contributed by atoms with E-state index >= 15 is 0 Å². The summed E-state index contributed by atoms with van der Waals surface area (Å²) in [5.41, 5.74) is 1.08. The Balaban J connectivity index is 2.18. The van der Waals surface area contributed by atoms with Crippen LogP contribution in [0.1, 0.15) is 24.6 Å². The summed E-state index contributed by atoms with van der Waals surface area (Å²) >= 11 is 3.53. The van der Waals surface area contributed by atoms with Crippen LogP contribution in [0.25, 0.3) is 0 Å². The Morgan fingerprint density at radius 2 is 2.54 bits per heavy atom. The van der Waals surface area contributed by atoms with E-state index in [0.717, 1.165) is 23.4 Å². The number of rotatable bonds is 1. The zero-order chi connectivity index (χ0) is 9.26. The lowest BCUT2D eigenvalue weighted by atomic mass is 10.1. The topological polar surface area (TPSA) is 29.9 Å². The SMILES string of the molecule is Cc1cc(Br)n(C2CCCNC2)n1. The molecule has 1 aliphatic rings. The van der Waals surface area contributed by atoms with Crippen LogP contribution in [0.3, 0.4) is 0 Å². The van der Waals surface area contributed by atoms with Gasteiger partial charge in [0, 0.05) is 6.54 Å². The fourth-order valence-corrected chi connectivity index (χ4v) is 2.48. The molecular weight excluding hydrogens is 230 g/mol. The Morgan fingerprint density at radius 1 is 1.69 bits per heavy atom. The molecule has 0 aromatic carbocycles. The second kappa shape index (κ2) is 3.80. The first-order valence-electron chi connectivity index (χ1n) is 4.70. The molecular formula is C9H14BrN3. The molecule has 0 radical (unpaired) electrons. The van der Waals surface area contributed by atoms with E-state index in [1.54, 1.807) is 0 Å². The van der Waals surface area contributed by atoms with E-state index in [9.17, 15) is 0 Å². The molecule has 0 amide bonds. The Kier molecular flexibility index (Phi) is 2.69. The van der Waals surface area contributed by atoms with Crippen molar-refractivity contribution < 1.29 is 0 Å². The minimum absolute atomic E-state index is 0.525. The van der Waals surface area contributed by atoms with Crippen LogP contribution in [0, 0.1) is 6.92 Å². The van der Waals surface area contributed by atoms with E-state index in [2.05, 4.69) is 37.1 Å². The van der Waals surface area contributed by atoms with Crippen molar-refractivity contribution in [3.8, 4) is 0 Å². The first kappa shape index (κ1) is 9.21. The van der Waals surface area contributed by atoms with Crippen molar-refractivity contribution in [3.63, 3.8) is 0 Å². The molecule has 72 valence electrons. The largest absolute Gasteiger partial charge is 0.315 e. The van der Waals surface area contributed by atoms with Gasteiger partial charge in [0.15, 0.2) is 0 Å². The van der Waals surface area contributed by atoms with Crippen molar-refractivity contribution in [3.05, 3.63) is 16.4 Å². The third kappa shape index (κ3) is 1.94. The summed E-state index contributed by atoms with van der Waals surface area (Å²) in [5, 5.41) is 7.85. The lowest BCUT2D eigenvalue weighted by molar-refractivity contribution is 0.341. The van der Waals surface area contributed by atoms with Gasteiger partial charge in [-0.05, 0) is 48.3 Å². The molecule has 3 nitrogen and oxygen atoms in total. The highest BCUT2D eigenvalue weighted by Crippen LogP contribution is 2.22. The normalized spacial score (nSPS) is 23.4. The second-order valence-electron chi connectivity index (χ2n) is 3.55. The molecule has 1 aliphatic heterocycles. The highest BCUT2D eigenvalue weighted by Gasteiger charge is 2.17. The van der Waals surface area contributed by atoms with Gasteiger partial charge in [0.2, 0.25) is 0 Å². The first-order valence-corrected chi connectivity index (χ1v) is 5.49. The Labute approximate surface area is 86.6 Å². The molecule has 1 atom stereocenters. The van der Waals surface area contributed by atoms with E-state index in [1.807, 2.05) is 6.92 Å². The fourth-order valence-electron chi connectivity index (χ4n) is 1.78. The van der Waals surface area contributed by atoms with Gasteiger partial charge in [0.1, 0.15) is 4.60 Å². The van der Waals surface area contributed by atoms with E-state index in [0.29, 0.717) is 6.04 Å². The number of piperidine rings is 1. The van der Waals surface area contributed by atoms with Gasteiger partial charge in [-0.3, -0.25) is 4.68 Å². The number of nitrogens with one attached hydrogen (secondary N) is 1. The van der Waals surface area contributed by atoms with Crippen molar-refractivity contribution in [1.29, 1.82) is 0 Å². The minimum Gasteiger partial charge on any atom is -0.315 e. The summed E-state index contributed by atoms with van der Waals surface area (Å²) < 4.78 is 3.18. The maximum absolute atomic E-state index is 4.46. The van der Waals surface area contributed by atoms with Crippen LogP contribution in [0.4, 0.5) is 0 Å². The summed E-state index contributed by atoms with van der Waals surface area (Å²) in [7, 11) is 0. The van der Waals surface area contributed by atoms with Crippen LogP contribution in [0.5, 0.6) is 0 Å². The average molecular weight is 244 g/mol. The molecule has 1 aromatic heterocycles. The fraction of sp³-hybridized carbons (Fsp3) is 0.667. The highest BCUT2D eigenvalue weighted by molar-refractivity contribution is 9.10. The number of halogens is 1. The molecule has 1 saturated heterocycles. The van der Waals surface area contributed by atoms with Gasteiger partial charge in [0.25, 0.3) is 0 Å². The molecule has 1 N–H and O–H groups in total. The molecule has 0 aliphatic carbocycles. The average Bonchev–Trinajstić information content (AvgIpc) is 2.47. The van der Waals surface area contributed by atoms with Gasteiger partial charge in [-0.1, -0.05) is 0 Å². The van der Waals surface area contributed by atoms with E-state index in [4.69, 9.17) is 0 Å². The zero-order valence-corrected chi connectivity index (χ0v) is 9.34. The van der Waals surface area contributed by atoms with Crippen LogP contribution in [-0.4, -0.2) is 22.9 Å². The van der Waals surface area contributed by atoms with Gasteiger partial charge in [-0.25, -0.2) is 0 Å². The zero-order valence-electron chi connectivity index (χ0n) is 7.76. The lowest BCUT2D eigenvalue weighted by Crippen LogP contribution is -2.32. The molecule has 4 heteroatoms. The molecule has 1 unspecified atom stereocenters. The summed E-state index contributed by atoms with van der Waals surface area (Å²) in [6.07, 6.45) is 2.47. The minimum atomic E-state index is 0.525. The van der Waals surface area contributed by atoms with Gasteiger partial charge in [0.05, 0.1) is 11.7 Å². The van der Waals surface area contributed by atoms with E-state index in [-0.39, 0.29) is 0 Å².